The van der Waals surface area contributed by atoms with Crippen molar-refractivity contribution in [3.05, 3.63) is 40.5 Å². The second-order valence-corrected chi connectivity index (χ2v) is 5.47. The maximum Gasteiger partial charge on any atom is 0.229 e. The van der Waals surface area contributed by atoms with Crippen LogP contribution in [0.3, 0.4) is 0 Å². The third kappa shape index (κ3) is 3.91. The van der Waals surface area contributed by atoms with E-state index in [1.54, 1.807) is 6.20 Å². The molecule has 20 heavy (non-hydrogen) atoms. The number of nitrogens with one attached hydrogen (secondary N) is 2. The number of aryl methyl sites for hydroxylation is 1. The molecule has 1 heterocycles. The van der Waals surface area contributed by atoms with Crippen LogP contribution in [-0.2, 0) is 0 Å². The highest BCUT2D eigenvalue weighted by Crippen LogP contribution is 2.22. The minimum absolute atomic E-state index is 0.0388. The van der Waals surface area contributed by atoms with Crippen molar-refractivity contribution in [1.82, 2.24) is 9.97 Å². The van der Waals surface area contributed by atoms with Crippen molar-refractivity contribution >= 4 is 33.4 Å². The molecule has 3 N–H and O–H groups in total. The molecule has 0 bridgehead atoms. The van der Waals surface area contributed by atoms with Gasteiger partial charge in [-0.25, -0.2) is 4.98 Å². The highest BCUT2D eigenvalue weighted by molar-refractivity contribution is 9.10. The second-order valence-electron chi connectivity index (χ2n) is 4.61. The van der Waals surface area contributed by atoms with Crippen LogP contribution in [0, 0.1) is 6.92 Å². The Labute approximate surface area is 126 Å². The van der Waals surface area contributed by atoms with Crippen LogP contribution >= 0.6 is 15.9 Å². The number of hydrogen-bond acceptors (Lipinski definition) is 5. The monoisotopic (exact) mass is 336 g/mol. The zero-order valence-corrected chi connectivity index (χ0v) is 13.0. The number of aromatic nitrogens is 2. The molecule has 0 amide bonds. The summed E-state index contributed by atoms with van der Waals surface area (Å²) in [4.78, 5) is 8.62. The Kier molecular flexibility index (Phi) is 4.92. The predicted octanol–water partition coefficient (Wildman–Crippen LogP) is 3.08. The number of nitrogens with zero attached hydrogens (tertiary/aromatic N) is 2. The lowest BCUT2D eigenvalue weighted by Crippen LogP contribution is -2.20. The number of rotatable bonds is 5. The molecule has 2 rings (SSSR count). The van der Waals surface area contributed by atoms with Gasteiger partial charge in [-0.15, -0.1) is 0 Å². The number of aliphatic hydroxyl groups is 1. The lowest BCUT2D eigenvalue weighted by Gasteiger charge is -2.14. The Morgan fingerprint density at radius 1 is 1.40 bits per heavy atom. The number of aliphatic hydroxyl groups excluding tert-OH is 1. The first-order valence-corrected chi connectivity index (χ1v) is 7.11. The van der Waals surface area contributed by atoms with Crippen molar-refractivity contribution in [1.29, 1.82) is 0 Å². The Balaban J connectivity index is 2.18. The van der Waals surface area contributed by atoms with E-state index in [-0.39, 0.29) is 12.6 Å². The van der Waals surface area contributed by atoms with Crippen LogP contribution in [0.2, 0.25) is 0 Å². The summed E-state index contributed by atoms with van der Waals surface area (Å²) in [7, 11) is 0. The molecule has 0 fully saturated rings. The van der Waals surface area contributed by atoms with Crippen LogP contribution in [0.4, 0.5) is 17.5 Å². The van der Waals surface area contributed by atoms with Gasteiger partial charge in [0.05, 0.1) is 11.1 Å². The van der Waals surface area contributed by atoms with Crippen molar-refractivity contribution < 1.29 is 5.11 Å². The van der Waals surface area contributed by atoms with Gasteiger partial charge >= 0.3 is 0 Å². The second kappa shape index (κ2) is 6.67. The molecule has 1 aromatic carbocycles. The first kappa shape index (κ1) is 14.7. The first-order valence-electron chi connectivity index (χ1n) is 6.32. The van der Waals surface area contributed by atoms with E-state index in [0.29, 0.717) is 11.8 Å². The molecule has 0 aliphatic carbocycles. The predicted molar refractivity (Wildman–Crippen MR) is 84.4 cm³/mol. The minimum atomic E-state index is -0.0759. The van der Waals surface area contributed by atoms with Gasteiger partial charge in [0.1, 0.15) is 5.82 Å². The van der Waals surface area contributed by atoms with Gasteiger partial charge in [-0.1, -0.05) is 12.1 Å². The molecular weight excluding hydrogens is 320 g/mol. The van der Waals surface area contributed by atoms with Crippen LogP contribution in [0.5, 0.6) is 0 Å². The molecule has 5 nitrogen and oxygen atoms in total. The summed E-state index contributed by atoms with van der Waals surface area (Å²) < 4.78 is 0.757. The molecule has 0 spiro atoms. The summed E-state index contributed by atoms with van der Waals surface area (Å²) >= 11 is 3.39. The molecule has 1 atom stereocenters. The summed E-state index contributed by atoms with van der Waals surface area (Å²) in [5, 5.41) is 15.4. The summed E-state index contributed by atoms with van der Waals surface area (Å²) in [5.74, 6) is 1.16. The van der Waals surface area contributed by atoms with Gasteiger partial charge in [0.2, 0.25) is 5.95 Å². The minimum Gasteiger partial charge on any atom is -0.394 e. The summed E-state index contributed by atoms with van der Waals surface area (Å²) in [6.45, 7) is 3.95. The van der Waals surface area contributed by atoms with E-state index in [2.05, 4.69) is 36.5 Å². The van der Waals surface area contributed by atoms with Crippen LogP contribution in [0.15, 0.2) is 34.9 Å². The fourth-order valence-electron chi connectivity index (χ4n) is 1.66. The first-order chi connectivity index (χ1) is 9.58. The zero-order valence-electron chi connectivity index (χ0n) is 11.4. The Bertz CT molecular complexity index is 591. The summed E-state index contributed by atoms with van der Waals surface area (Å²) in [6.07, 6.45) is 1.68. The maximum atomic E-state index is 9.09. The van der Waals surface area contributed by atoms with Gasteiger partial charge in [0.25, 0.3) is 0 Å². The number of halogens is 1. The largest absolute Gasteiger partial charge is 0.394 e. The van der Waals surface area contributed by atoms with Crippen molar-refractivity contribution in [2.45, 2.75) is 19.9 Å². The Morgan fingerprint density at radius 2 is 2.20 bits per heavy atom. The normalized spacial score (nSPS) is 12.0. The lowest BCUT2D eigenvalue weighted by molar-refractivity contribution is 0.281. The molecule has 6 heteroatoms. The molecule has 0 aliphatic rings. The van der Waals surface area contributed by atoms with Gasteiger partial charge < -0.3 is 15.7 Å². The van der Waals surface area contributed by atoms with E-state index in [0.717, 1.165) is 10.2 Å². The average Bonchev–Trinajstić information content (AvgIpc) is 2.42. The lowest BCUT2D eigenvalue weighted by atomic mass is 10.2. The van der Waals surface area contributed by atoms with Crippen LogP contribution in [0.25, 0.3) is 0 Å². The Hall–Kier alpha value is -1.66. The highest BCUT2D eigenvalue weighted by atomic mass is 79.9. The molecule has 0 saturated heterocycles. The molecule has 0 unspecified atom stereocenters. The third-order valence-electron chi connectivity index (χ3n) is 2.68. The number of benzene rings is 1. The fourth-order valence-corrected chi connectivity index (χ4v) is 1.97. The molecule has 0 saturated carbocycles. The standard InChI is InChI=1S/C14H17BrN4O/c1-9-4-3-5-11(6-9)18-14-16-7-12(15)13(19-14)17-10(2)8-20/h3-7,10,20H,8H2,1-2H3,(H2,16,17,18,19)/t10-/m1/s1. The van der Waals surface area contributed by atoms with Crippen molar-refractivity contribution in [3.8, 4) is 0 Å². The van der Waals surface area contributed by atoms with E-state index in [4.69, 9.17) is 5.11 Å². The van der Waals surface area contributed by atoms with Gasteiger partial charge in [0, 0.05) is 17.9 Å². The van der Waals surface area contributed by atoms with Gasteiger partial charge in [-0.2, -0.15) is 4.98 Å². The topological polar surface area (TPSA) is 70.1 Å². The van der Waals surface area contributed by atoms with Gasteiger partial charge in [-0.3, -0.25) is 0 Å². The van der Waals surface area contributed by atoms with E-state index in [9.17, 15) is 0 Å². The average molecular weight is 337 g/mol. The number of anilines is 3. The summed E-state index contributed by atoms with van der Waals surface area (Å²) in [6, 6.07) is 7.91. The van der Waals surface area contributed by atoms with E-state index < -0.39 is 0 Å². The molecule has 0 aliphatic heterocycles. The van der Waals surface area contributed by atoms with Crippen molar-refractivity contribution in [2.75, 3.05) is 17.2 Å². The van der Waals surface area contributed by atoms with Crippen molar-refractivity contribution in [2.24, 2.45) is 0 Å². The van der Waals surface area contributed by atoms with Crippen molar-refractivity contribution in [3.63, 3.8) is 0 Å². The molecule has 1 aromatic heterocycles. The Morgan fingerprint density at radius 3 is 2.90 bits per heavy atom. The fraction of sp³-hybridized carbons (Fsp3) is 0.286. The quantitative estimate of drug-likeness (QED) is 0.782. The van der Waals surface area contributed by atoms with Gasteiger partial charge in [0.15, 0.2) is 0 Å². The van der Waals surface area contributed by atoms with Crippen LogP contribution in [0.1, 0.15) is 12.5 Å². The smallest absolute Gasteiger partial charge is 0.229 e. The van der Waals surface area contributed by atoms with E-state index in [1.165, 1.54) is 5.56 Å². The SMILES string of the molecule is Cc1cccc(Nc2ncc(Br)c(N[C@H](C)CO)n2)c1. The van der Waals surface area contributed by atoms with E-state index >= 15 is 0 Å². The van der Waals surface area contributed by atoms with E-state index in [1.807, 2.05) is 38.1 Å². The third-order valence-corrected chi connectivity index (χ3v) is 3.26. The molecule has 0 radical (unpaired) electrons. The van der Waals surface area contributed by atoms with Crippen LogP contribution in [-0.4, -0.2) is 27.7 Å². The van der Waals surface area contributed by atoms with Gasteiger partial charge in [-0.05, 0) is 47.5 Å². The summed E-state index contributed by atoms with van der Waals surface area (Å²) in [5.41, 5.74) is 2.10. The van der Waals surface area contributed by atoms with Crippen LogP contribution < -0.4 is 10.6 Å². The molecule has 2 aromatic rings. The number of hydrogen-bond donors (Lipinski definition) is 3. The zero-order chi connectivity index (χ0) is 14.5. The maximum absolute atomic E-state index is 9.09. The molecular formula is C14H17BrN4O. The molecule has 106 valence electrons. The highest BCUT2D eigenvalue weighted by Gasteiger charge is 2.08.